The van der Waals surface area contributed by atoms with Gasteiger partial charge in [-0.1, -0.05) is 47.4 Å². The summed E-state index contributed by atoms with van der Waals surface area (Å²) in [5.41, 5.74) is 1.33. The van der Waals surface area contributed by atoms with Crippen molar-refractivity contribution in [3.8, 4) is 0 Å². The molecule has 0 spiro atoms. The first kappa shape index (κ1) is 12.4. The van der Waals surface area contributed by atoms with Crippen LogP contribution in [0.5, 0.6) is 0 Å². The summed E-state index contributed by atoms with van der Waals surface area (Å²) >= 11 is 9.50. The predicted octanol–water partition coefficient (Wildman–Crippen LogP) is 4.05. The summed E-state index contributed by atoms with van der Waals surface area (Å²) in [4.78, 5) is 0. The van der Waals surface area contributed by atoms with E-state index in [0.717, 1.165) is 21.5 Å². The van der Waals surface area contributed by atoms with Gasteiger partial charge in [0, 0.05) is 15.9 Å². The summed E-state index contributed by atoms with van der Waals surface area (Å²) in [7, 11) is 0. The van der Waals surface area contributed by atoms with E-state index in [1.807, 2.05) is 18.2 Å². The molecule has 0 radical (unpaired) electrons. The number of aliphatic hydroxyl groups is 1. The van der Waals surface area contributed by atoms with Gasteiger partial charge in [0.15, 0.2) is 0 Å². The van der Waals surface area contributed by atoms with E-state index in [4.69, 9.17) is 11.6 Å². The second-order valence-electron chi connectivity index (χ2n) is 5.31. The highest BCUT2D eigenvalue weighted by Crippen LogP contribution is 2.54. The maximum atomic E-state index is 10.1. The van der Waals surface area contributed by atoms with Crippen LogP contribution in [0.15, 0.2) is 22.7 Å². The predicted molar refractivity (Wildman–Crippen MR) is 70.8 cm³/mol. The number of rotatable bonds is 3. The molecule has 0 amide bonds. The molecule has 88 valence electrons. The highest BCUT2D eigenvalue weighted by molar-refractivity contribution is 9.10. The molecule has 2 unspecified atom stereocenters. The molecule has 2 rings (SSSR count). The molecule has 1 nitrogen and oxygen atoms in total. The standard InChI is InChI=1S/C13H16BrClO/c1-13(2)7-10(13)12(16)5-8-3-4-9(14)6-11(8)15/h3-4,6,10,12,16H,5,7H2,1-2H3. The molecule has 0 aliphatic heterocycles. The lowest BCUT2D eigenvalue weighted by Gasteiger charge is -2.13. The second kappa shape index (κ2) is 4.32. The van der Waals surface area contributed by atoms with Crippen molar-refractivity contribution in [1.29, 1.82) is 0 Å². The zero-order valence-electron chi connectivity index (χ0n) is 9.50. The van der Waals surface area contributed by atoms with Gasteiger partial charge in [0.25, 0.3) is 0 Å². The molecule has 1 N–H and O–H groups in total. The van der Waals surface area contributed by atoms with E-state index in [-0.39, 0.29) is 6.10 Å². The molecule has 2 atom stereocenters. The molecule has 0 aromatic heterocycles. The van der Waals surface area contributed by atoms with E-state index in [2.05, 4.69) is 29.8 Å². The van der Waals surface area contributed by atoms with E-state index in [0.29, 0.717) is 17.8 Å². The molecule has 1 aliphatic carbocycles. The van der Waals surface area contributed by atoms with E-state index >= 15 is 0 Å². The third-order valence-electron chi connectivity index (χ3n) is 3.50. The summed E-state index contributed by atoms with van der Waals surface area (Å²) in [6, 6.07) is 5.82. The molecule has 0 bridgehead atoms. The third-order valence-corrected chi connectivity index (χ3v) is 4.34. The Kier molecular flexibility index (Phi) is 3.35. The van der Waals surface area contributed by atoms with Crippen molar-refractivity contribution in [3.05, 3.63) is 33.3 Å². The molecule has 1 fully saturated rings. The van der Waals surface area contributed by atoms with E-state index in [9.17, 15) is 5.11 Å². The zero-order chi connectivity index (χ0) is 11.9. The average molecular weight is 304 g/mol. The fraction of sp³-hybridized carbons (Fsp3) is 0.538. The maximum Gasteiger partial charge on any atom is 0.0614 e. The van der Waals surface area contributed by atoms with Crippen LogP contribution in [0, 0.1) is 11.3 Å². The summed E-state index contributed by atoms with van der Waals surface area (Å²) < 4.78 is 0.975. The van der Waals surface area contributed by atoms with E-state index < -0.39 is 0 Å². The number of halogens is 2. The van der Waals surface area contributed by atoms with Crippen LogP contribution in [0.3, 0.4) is 0 Å². The van der Waals surface area contributed by atoms with Crippen molar-refractivity contribution in [2.75, 3.05) is 0 Å². The smallest absolute Gasteiger partial charge is 0.0614 e. The van der Waals surface area contributed by atoms with Crippen LogP contribution in [0.1, 0.15) is 25.8 Å². The topological polar surface area (TPSA) is 20.2 Å². The van der Waals surface area contributed by atoms with Crippen LogP contribution in [-0.4, -0.2) is 11.2 Å². The van der Waals surface area contributed by atoms with Gasteiger partial charge in [0.1, 0.15) is 0 Å². The third kappa shape index (κ3) is 2.61. The van der Waals surface area contributed by atoms with Crippen molar-refractivity contribution >= 4 is 27.5 Å². The molecule has 1 aromatic rings. The van der Waals surface area contributed by atoms with Crippen molar-refractivity contribution in [2.45, 2.75) is 32.8 Å². The van der Waals surface area contributed by atoms with Crippen molar-refractivity contribution in [1.82, 2.24) is 0 Å². The Balaban J connectivity index is 2.04. The van der Waals surface area contributed by atoms with Gasteiger partial charge >= 0.3 is 0 Å². The van der Waals surface area contributed by atoms with Gasteiger partial charge in [0.2, 0.25) is 0 Å². The van der Waals surface area contributed by atoms with E-state index in [1.54, 1.807) is 0 Å². The van der Waals surface area contributed by atoms with Crippen LogP contribution in [0.25, 0.3) is 0 Å². The monoisotopic (exact) mass is 302 g/mol. The number of hydrogen-bond donors (Lipinski definition) is 1. The quantitative estimate of drug-likeness (QED) is 0.893. The summed E-state index contributed by atoms with van der Waals surface area (Å²) in [5, 5.41) is 10.8. The Bertz CT molecular complexity index is 403. The fourth-order valence-corrected chi connectivity index (χ4v) is 2.97. The minimum Gasteiger partial charge on any atom is -0.392 e. The molecule has 1 aliphatic rings. The van der Waals surface area contributed by atoms with Crippen molar-refractivity contribution < 1.29 is 5.11 Å². The normalized spacial score (nSPS) is 24.2. The molecule has 1 aromatic carbocycles. The van der Waals surface area contributed by atoms with Crippen LogP contribution < -0.4 is 0 Å². The first-order valence-electron chi connectivity index (χ1n) is 5.52. The Morgan fingerprint density at radius 2 is 2.19 bits per heavy atom. The van der Waals surface area contributed by atoms with Gasteiger partial charge in [0.05, 0.1) is 6.10 Å². The Morgan fingerprint density at radius 3 is 2.69 bits per heavy atom. The van der Waals surface area contributed by atoms with Crippen LogP contribution in [-0.2, 0) is 6.42 Å². The second-order valence-corrected chi connectivity index (χ2v) is 6.63. The molecular weight excluding hydrogens is 287 g/mol. The van der Waals surface area contributed by atoms with Crippen LogP contribution in [0.2, 0.25) is 5.02 Å². The van der Waals surface area contributed by atoms with Crippen LogP contribution >= 0.6 is 27.5 Å². The van der Waals surface area contributed by atoms with Crippen LogP contribution in [0.4, 0.5) is 0 Å². The summed E-state index contributed by atoms with van der Waals surface area (Å²) in [5.74, 6) is 0.423. The Morgan fingerprint density at radius 1 is 1.56 bits per heavy atom. The Labute approximate surface area is 110 Å². The maximum absolute atomic E-state index is 10.1. The highest BCUT2D eigenvalue weighted by atomic mass is 79.9. The lowest BCUT2D eigenvalue weighted by molar-refractivity contribution is 0.137. The van der Waals surface area contributed by atoms with Gasteiger partial charge in [-0.2, -0.15) is 0 Å². The van der Waals surface area contributed by atoms with E-state index in [1.165, 1.54) is 0 Å². The van der Waals surface area contributed by atoms with Gasteiger partial charge in [-0.15, -0.1) is 0 Å². The molecular formula is C13H16BrClO. The molecule has 16 heavy (non-hydrogen) atoms. The molecule has 0 saturated heterocycles. The minimum atomic E-state index is -0.270. The first-order valence-corrected chi connectivity index (χ1v) is 6.69. The average Bonchev–Trinajstić information content (AvgIpc) is 2.80. The largest absolute Gasteiger partial charge is 0.392 e. The van der Waals surface area contributed by atoms with Gasteiger partial charge in [-0.25, -0.2) is 0 Å². The lowest BCUT2D eigenvalue weighted by atomic mass is 10.00. The Hall–Kier alpha value is -0.0500. The van der Waals surface area contributed by atoms with Gasteiger partial charge in [-0.05, 0) is 35.4 Å². The van der Waals surface area contributed by atoms with Gasteiger partial charge < -0.3 is 5.11 Å². The fourth-order valence-electron chi connectivity index (χ4n) is 2.22. The number of benzene rings is 1. The van der Waals surface area contributed by atoms with Crippen molar-refractivity contribution in [2.24, 2.45) is 11.3 Å². The summed E-state index contributed by atoms with van der Waals surface area (Å²) in [6.07, 6.45) is 1.50. The zero-order valence-corrected chi connectivity index (χ0v) is 11.8. The molecule has 3 heteroatoms. The number of hydrogen-bond acceptors (Lipinski definition) is 1. The number of aliphatic hydroxyl groups excluding tert-OH is 1. The minimum absolute atomic E-state index is 0.270. The van der Waals surface area contributed by atoms with Gasteiger partial charge in [-0.3, -0.25) is 0 Å². The lowest BCUT2D eigenvalue weighted by Crippen LogP contribution is -2.16. The first-order chi connectivity index (χ1) is 7.40. The highest BCUT2D eigenvalue weighted by Gasteiger charge is 2.49. The van der Waals surface area contributed by atoms with Crippen molar-refractivity contribution in [3.63, 3.8) is 0 Å². The molecule has 1 saturated carbocycles. The SMILES string of the molecule is CC1(C)CC1C(O)Cc1ccc(Br)cc1Cl. The summed E-state index contributed by atoms with van der Waals surface area (Å²) in [6.45, 7) is 4.40. The molecule has 0 heterocycles.